The van der Waals surface area contributed by atoms with Gasteiger partial charge in [-0.1, -0.05) is 6.07 Å². The SMILES string of the molecule is O=C(Nc1ccncn1)c1ccc2cnccc2c1. The minimum atomic E-state index is -0.197. The Kier molecular flexibility index (Phi) is 2.86. The molecule has 0 aliphatic rings. The third kappa shape index (κ3) is 2.40. The highest BCUT2D eigenvalue weighted by atomic mass is 16.1. The molecule has 0 aliphatic carbocycles. The molecule has 5 heteroatoms. The summed E-state index contributed by atoms with van der Waals surface area (Å²) in [6, 6.07) is 8.98. The van der Waals surface area contributed by atoms with Crippen molar-refractivity contribution in [2.24, 2.45) is 0 Å². The maximum atomic E-state index is 12.1. The van der Waals surface area contributed by atoms with Gasteiger partial charge in [0.05, 0.1) is 0 Å². The number of carbonyl (C=O) groups excluding carboxylic acids is 1. The fourth-order valence-corrected chi connectivity index (χ4v) is 1.78. The molecule has 1 N–H and O–H groups in total. The van der Waals surface area contributed by atoms with Crippen LogP contribution in [0.25, 0.3) is 10.8 Å². The van der Waals surface area contributed by atoms with Crippen LogP contribution in [-0.4, -0.2) is 20.9 Å². The van der Waals surface area contributed by atoms with E-state index in [-0.39, 0.29) is 5.91 Å². The number of aromatic nitrogens is 3. The van der Waals surface area contributed by atoms with Gasteiger partial charge in [0, 0.05) is 29.5 Å². The van der Waals surface area contributed by atoms with Crippen LogP contribution in [0.5, 0.6) is 0 Å². The molecule has 1 amide bonds. The third-order valence-electron chi connectivity index (χ3n) is 2.73. The van der Waals surface area contributed by atoms with Gasteiger partial charge in [0.2, 0.25) is 0 Å². The lowest BCUT2D eigenvalue weighted by molar-refractivity contribution is 0.102. The molecule has 0 unspecified atom stereocenters. The van der Waals surface area contributed by atoms with Gasteiger partial charge in [0.1, 0.15) is 12.1 Å². The van der Waals surface area contributed by atoms with Gasteiger partial charge >= 0.3 is 0 Å². The fraction of sp³-hybridized carbons (Fsp3) is 0. The van der Waals surface area contributed by atoms with Crippen molar-refractivity contribution < 1.29 is 4.79 Å². The van der Waals surface area contributed by atoms with E-state index in [9.17, 15) is 4.79 Å². The summed E-state index contributed by atoms with van der Waals surface area (Å²) >= 11 is 0. The number of nitrogens with zero attached hydrogens (tertiary/aromatic N) is 3. The summed E-state index contributed by atoms with van der Waals surface area (Å²) in [7, 11) is 0. The Balaban J connectivity index is 1.89. The first-order chi connectivity index (χ1) is 9.33. The van der Waals surface area contributed by atoms with Gasteiger partial charge in [-0.05, 0) is 29.7 Å². The van der Waals surface area contributed by atoms with Crippen molar-refractivity contribution in [1.82, 2.24) is 15.0 Å². The quantitative estimate of drug-likeness (QED) is 0.757. The van der Waals surface area contributed by atoms with Crippen LogP contribution in [0.15, 0.2) is 55.2 Å². The zero-order valence-corrected chi connectivity index (χ0v) is 9.95. The van der Waals surface area contributed by atoms with Crippen LogP contribution in [0.3, 0.4) is 0 Å². The molecule has 0 bridgehead atoms. The molecule has 0 aliphatic heterocycles. The van der Waals surface area contributed by atoms with Crippen LogP contribution < -0.4 is 5.32 Å². The summed E-state index contributed by atoms with van der Waals surface area (Å²) in [5.41, 5.74) is 0.581. The molecule has 0 fully saturated rings. The topological polar surface area (TPSA) is 67.8 Å². The van der Waals surface area contributed by atoms with Crippen LogP contribution in [0, 0.1) is 0 Å². The van der Waals surface area contributed by atoms with Crippen LogP contribution in [-0.2, 0) is 0 Å². The van der Waals surface area contributed by atoms with Crippen molar-refractivity contribution in [3.63, 3.8) is 0 Å². The summed E-state index contributed by atoms with van der Waals surface area (Å²) in [4.78, 5) is 23.9. The van der Waals surface area contributed by atoms with E-state index >= 15 is 0 Å². The Morgan fingerprint density at radius 3 is 2.74 bits per heavy atom. The highest BCUT2D eigenvalue weighted by Gasteiger charge is 2.07. The van der Waals surface area contributed by atoms with Crippen LogP contribution in [0.1, 0.15) is 10.4 Å². The first-order valence-corrected chi connectivity index (χ1v) is 5.74. The standard InChI is InChI=1S/C14H10N4O/c19-14(18-13-4-6-16-9-17-13)11-1-2-12-8-15-5-3-10(12)7-11/h1-9H,(H,16,17,18,19). The van der Waals surface area contributed by atoms with E-state index in [1.54, 1.807) is 30.7 Å². The molecule has 5 nitrogen and oxygen atoms in total. The molecule has 3 aromatic rings. The van der Waals surface area contributed by atoms with Gasteiger partial charge < -0.3 is 5.32 Å². The summed E-state index contributed by atoms with van der Waals surface area (Å²) < 4.78 is 0. The van der Waals surface area contributed by atoms with E-state index in [2.05, 4.69) is 20.3 Å². The highest BCUT2D eigenvalue weighted by Crippen LogP contribution is 2.15. The maximum absolute atomic E-state index is 12.1. The number of rotatable bonds is 2. The van der Waals surface area contributed by atoms with Gasteiger partial charge in [0.15, 0.2) is 0 Å². The third-order valence-corrected chi connectivity index (χ3v) is 2.73. The predicted molar refractivity (Wildman–Crippen MR) is 71.7 cm³/mol. The molecule has 2 heterocycles. The Hall–Kier alpha value is -2.82. The zero-order valence-electron chi connectivity index (χ0n) is 9.95. The Morgan fingerprint density at radius 2 is 1.89 bits per heavy atom. The van der Waals surface area contributed by atoms with Crippen LogP contribution in [0.4, 0.5) is 5.82 Å². The van der Waals surface area contributed by atoms with E-state index in [0.717, 1.165) is 10.8 Å². The van der Waals surface area contributed by atoms with E-state index in [1.807, 2.05) is 18.2 Å². The fourth-order valence-electron chi connectivity index (χ4n) is 1.78. The van der Waals surface area contributed by atoms with Crippen molar-refractivity contribution in [1.29, 1.82) is 0 Å². The van der Waals surface area contributed by atoms with Gasteiger partial charge in [0.25, 0.3) is 5.91 Å². The number of fused-ring (bicyclic) bond motifs is 1. The number of nitrogens with one attached hydrogen (secondary N) is 1. The summed E-state index contributed by atoms with van der Waals surface area (Å²) in [5.74, 6) is 0.284. The normalized spacial score (nSPS) is 10.3. The lowest BCUT2D eigenvalue weighted by Gasteiger charge is -2.05. The summed E-state index contributed by atoms with van der Waals surface area (Å²) in [6.07, 6.45) is 6.44. The maximum Gasteiger partial charge on any atom is 0.256 e. The Morgan fingerprint density at radius 1 is 1.00 bits per heavy atom. The number of anilines is 1. The number of pyridine rings is 1. The largest absolute Gasteiger partial charge is 0.306 e. The molecule has 0 atom stereocenters. The minimum absolute atomic E-state index is 0.197. The monoisotopic (exact) mass is 250 g/mol. The number of hydrogen-bond donors (Lipinski definition) is 1. The molecule has 0 saturated heterocycles. The second kappa shape index (κ2) is 4.81. The number of hydrogen-bond acceptors (Lipinski definition) is 4. The Labute approximate surface area is 109 Å². The van der Waals surface area contributed by atoms with Crippen LogP contribution in [0.2, 0.25) is 0 Å². The van der Waals surface area contributed by atoms with Crippen molar-refractivity contribution in [2.75, 3.05) is 5.32 Å². The second-order valence-corrected chi connectivity index (χ2v) is 3.99. The Bertz CT molecular complexity index is 728. The molecule has 0 radical (unpaired) electrons. The minimum Gasteiger partial charge on any atom is -0.306 e. The molecule has 2 aromatic heterocycles. The lowest BCUT2D eigenvalue weighted by atomic mass is 10.1. The first-order valence-electron chi connectivity index (χ1n) is 5.74. The van der Waals surface area contributed by atoms with Crippen molar-refractivity contribution in [3.05, 3.63) is 60.8 Å². The van der Waals surface area contributed by atoms with Crippen LogP contribution >= 0.6 is 0 Å². The molecule has 19 heavy (non-hydrogen) atoms. The number of amides is 1. The average Bonchev–Trinajstić information content (AvgIpc) is 2.48. The van der Waals surface area contributed by atoms with Crippen molar-refractivity contribution >= 4 is 22.5 Å². The first kappa shape index (κ1) is 11.3. The van der Waals surface area contributed by atoms with Gasteiger partial charge in [-0.15, -0.1) is 0 Å². The molecular weight excluding hydrogens is 240 g/mol. The van der Waals surface area contributed by atoms with Gasteiger partial charge in [-0.3, -0.25) is 9.78 Å². The molecular formula is C14H10N4O. The molecule has 3 rings (SSSR count). The smallest absolute Gasteiger partial charge is 0.256 e. The van der Waals surface area contributed by atoms with E-state index in [4.69, 9.17) is 0 Å². The number of benzene rings is 1. The zero-order chi connectivity index (χ0) is 13.1. The molecule has 92 valence electrons. The van der Waals surface area contributed by atoms with E-state index < -0.39 is 0 Å². The summed E-state index contributed by atoms with van der Waals surface area (Å²) in [6.45, 7) is 0. The lowest BCUT2D eigenvalue weighted by Crippen LogP contribution is -2.12. The summed E-state index contributed by atoms with van der Waals surface area (Å²) in [5, 5.41) is 4.70. The average molecular weight is 250 g/mol. The van der Waals surface area contributed by atoms with E-state index in [1.165, 1.54) is 6.33 Å². The second-order valence-electron chi connectivity index (χ2n) is 3.99. The van der Waals surface area contributed by atoms with Gasteiger partial charge in [-0.2, -0.15) is 0 Å². The molecule has 0 saturated carbocycles. The van der Waals surface area contributed by atoms with E-state index in [0.29, 0.717) is 11.4 Å². The highest BCUT2D eigenvalue weighted by molar-refractivity contribution is 6.05. The van der Waals surface area contributed by atoms with Crippen molar-refractivity contribution in [2.45, 2.75) is 0 Å². The molecule has 1 aromatic carbocycles. The van der Waals surface area contributed by atoms with Gasteiger partial charge in [-0.25, -0.2) is 9.97 Å². The predicted octanol–water partition coefficient (Wildman–Crippen LogP) is 2.28. The molecule has 0 spiro atoms. The van der Waals surface area contributed by atoms with Crippen molar-refractivity contribution in [3.8, 4) is 0 Å². The number of carbonyl (C=O) groups is 1.